The number of nitrogens with zero attached hydrogens (tertiary/aromatic N) is 8. The Balaban J connectivity index is 0.774. The lowest BCUT2D eigenvalue weighted by Gasteiger charge is -2.38. The molecule has 2 amide bonds. The number of carbonyl (C=O) groups is 6. The molecule has 1 fully saturated rings. The van der Waals surface area contributed by atoms with E-state index in [0.717, 1.165) is 29.2 Å². The number of benzene rings is 6. The fraction of sp³-hybridized carbons (Fsp3) is 0.303. The highest BCUT2D eigenvalue weighted by Gasteiger charge is 2.40. The molecule has 2 aromatic heterocycles. The maximum atomic E-state index is 13.8. The first-order valence-corrected chi connectivity index (χ1v) is 33.4. The predicted molar refractivity (Wildman–Crippen MR) is 352 cm³/mol. The Hall–Kier alpha value is -9.72. The molecule has 8 N–H and O–H groups in total. The van der Waals surface area contributed by atoms with Crippen molar-refractivity contribution < 1.29 is 65.7 Å². The van der Waals surface area contributed by atoms with E-state index in [2.05, 4.69) is 66.4 Å². The van der Waals surface area contributed by atoms with Crippen molar-refractivity contribution in [1.82, 2.24) is 59.0 Å². The number of carbonyl (C=O) groups excluding carboxylic acids is 3. The van der Waals surface area contributed by atoms with E-state index in [0.29, 0.717) is 28.3 Å². The molecule has 3 heterocycles. The van der Waals surface area contributed by atoms with Crippen molar-refractivity contribution in [2.24, 2.45) is 7.05 Å². The molecule has 1 atom stereocenters. The van der Waals surface area contributed by atoms with Crippen LogP contribution in [-0.2, 0) is 67.9 Å². The number of anilines is 1. The Morgan fingerprint density at radius 1 is 0.579 bits per heavy atom. The molecule has 0 aliphatic carbocycles. The average molecular weight is 1340 g/mol. The van der Waals surface area contributed by atoms with Crippen LogP contribution in [-0.4, -0.2) is 218 Å². The number of carboxylic acids is 3. The van der Waals surface area contributed by atoms with Gasteiger partial charge in [0.1, 0.15) is 11.6 Å². The van der Waals surface area contributed by atoms with E-state index in [-0.39, 0.29) is 114 Å². The monoisotopic (exact) mass is 1340 g/mol. The van der Waals surface area contributed by atoms with Crippen molar-refractivity contribution in [3.63, 3.8) is 0 Å². The summed E-state index contributed by atoms with van der Waals surface area (Å²) in [5, 5.41) is 42.9. The Morgan fingerprint density at radius 3 is 1.51 bits per heavy atom. The van der Waals surface area contributed by atoms with Gasteiger partial charge in [0.25, 0.3) is 5.91 Å². The molecule has 0 bridgehead atoms. The molecule has 0 radical (unpaired) electrons. The van der Waals surface area contributed by atoms with Crippen molar-refractivity contribution in [2.45, 2.75) is 27.9 Å². The number of nitrogens with one attached hydrogen (secondary N) is 5. The second kappa shape index (κ2) is 31.9. The van der Waals surface area contributed by atoms with E-state index in [1.54, 1.807) is 55.7 Å². The molecule has 9 rings (SSSR count). The van der Waals surface area contributed by atoms with Crippen molar-refractivity contribution >= 4 is 72.6 Å². The summed E-state index contributed by atoms with van der Waals surface area (Å²) >= 11 is 0. The third kappa shape index (κ3) is 18.0. The van der Waals surface area contributed by atoms with E-state index in [9.17, 15) is 60.9 Å². The summed E-state index contributed by atoms with van der Waals surface area (Å²) in [5.74, 6) is -4.67. The van der Waals surface area contributed by atoms with Gasteiger partial charge in [0.15, 0.2) is 0 Å². The van der Waals surface area contributed by atoms with Crippen molar-refractivity contribution in [3.8, 4) is 11.1 Å². The van der Waals surface area contributed by atoms with E-state index in [4.69, 9.17) is 14.8 Å². The smallest absolute Gasteiger partial charge is 0.325 e. The van der Waals surface area contributed by atoms with Crippen LogP contribution < -0.4 is 25.4 Å². The summed E-state index contributed by atoms with van der Waals surface area (Å²) in [6, 6.07) is 45.6. The van der Waals surface area contributed by atoms with Gasteiger partial charge in [-0.15, -0.1) is 0 Å². The molecule has 500 valence electrons. The van der Waals surface area contributed by atoms with E-state index >= 15 is 0 Å². The van der Waals surface area contributed by atoms with Gasteiger partial charge >= 0.3 is 23.9 Å². The van der Waals surface area contributed by atoms with E-state index < -0.39 is 73.9 Å². The van der Waals surface area contributed by atoms with Gasteiger partial charge in [-0.25, -0.2) is 26.5 Å². The molecular weight excluding hydrogens is 1260 g/mol. The van der Waals surface area contributed by atoms with Gasteiger partial charge in [-0.1, -0.05) is 121 Å². The third-order valence-corrected chi connectivity index (χ3v) is 19.2. The Bertz CT molecular complexity index is 4070. The van der Waals surface area contributed by atoms with Gasteiger partial charge in [-0.2, -0.15) is 9.82 Å². The van der Waals surface area contributed by atoms with Crippen molar-refractivity contribution in [1.29, 1.82) is 0 Å². The van der Waals surface area contributed by atoms with Gasteiger partial charge in [0.2, 0.25) is 31.9 Å². The van der Waals surface area contributed by atoms with Crippen LogP contribution in [0.15, 0.2) is 180 Å². The fourth-order valence-corrected chi connectivity index (χ4v) is 13.7. The zero-order valence-corrected chi connectivity index (χ0v) is 53.9. The first-order chi connectivity index (χ1) is 45.6. The number of ether oxygens (including phenoxy) is 1. The number of rotatable bonds is 28. The SMILES string of the molecule is COC(=O)[C@H](CNC(=O)c1ccc2c(CNc3nccn3C(c3ccccc3)(c3ccccc3)c3ccccc3)nn(C)c2c1)NS(=O)(=O)c1ccc(-c2ccc(S(=O)(=O)NCCNC(=O)CN3CCN(CC(=O)O)CCN(CC(=O)O)CCN(CC(=O)O)CC3)cc2)cc1. The van der Waals surface area contributed by atoms with E-state index in [1.807, 2.05) is 60.8 Å². The quantitative estimate of drug-likeness (QED) is 0.0198. The lowest BCUT2D eigenvalue weighted by molar-refractivity contribution is -0.142. The van der Waals surface area contributed by atoms with E-state index in [1.165, 1.54) is 48.5 Å². The molecule has 0 saturated carbocycles. The van der Waals surface area contributed by atoms with Crippen LogP contribution in [0.25, 0.3) is 22.0 Å². The van der Waals surface area contributed by atoms with Crippen LogP contribution in [0.5, 0.6) is 0 Å². The number of sulfonamides is 2. The highest BCUT2D eigenvalue weighted by molar-refractivity contribution is 7.89. The van der Waals surface area contributed by atoms with Gasteiger partial charge in [-0.05, 0) is 64.2 Å². The molecule has 27 nitrogen and oxygen atoms in total. The molecule has 1 saturated heterocycles. The number of hydrogen-bond acceptors (Lipinski definition) is 18. The number of amides is 2. The Labute approximate surface area is 549 Å². The number of fused-ring (bicyclic) bond motifs is 1. The molecule has 0 unspecified atom stereocenters. The number of imidazole rings is 1. The summed E-state index contributed by atoms with van der Waals surface area (Å²) < 4.78 is 67.7. The molecule has 1 aliphatic heterocycles. The van der Waals surface area contributed by atoms with Crippen LogP contribution in [0.2, 0.25) is 0 Å². The lowest BCUT2D eigenvalue weighted by atomic mass is 9.76. The first-order valence-electron chi connectivity index (χ1n) is 30.4. The Kier molecular flexibility index (Phi) is 23.4. The van der Waals surface area contributed by atoms with Crippen LogP contribution in [0.4, 0.5) is 5.95 Å². The maximum absolute atomic E-state index is 13.8. The Morgan fingerprint density at radius 2 is 1.04 bits per heavy atom. The topological polar surface area (TPSA) is 349 Å². The second-order valence-electron chi connectivity index (χ2n) is 22.6. The molecule has 95 heavy (non-hydrogen) atoms. The number of aryl methyl sites for hydroxylation is 1. The zero-order valence-electron chi connectivity index (χ0n) is 52.3. The standard InChI is InChI=1S/C66H75N13O14S2/c1-74-58-40-49(22-27-55(58)56(72-74)41-70-65-68-30-31-79(65)66(50-12-6-3-7-13-50,51-14-8-4-9-15-51)52-16-10-5-11-17-52)63(87)69-42-57(64(88)93-2)73-95(91,92)54-25-20-48(21-26-54)47-18-23-53(24-19-47)94(89,90)71-29-28-67-59(80)43-75-32-34-76(44-60(81)82)36-38-78(46-62(85)86)39-37-77(35-33-75)45-61(83)84/h3-27,30-31,40,57,71,73H,28-29,32-39,41-46H2,1-2H3,(H,67,80)(H,68,70)(H,69,87)(H,81,82)(H,83,84)(H,85,86)/t57-/m0/s1. The first kappa shape index (κ1) is 69.6. The number of carboxylic acid groups (broad SMARTS) is 3. The number of esters is 1. The number of aliphatic carboxylic acids is 3. The third-order valence-electron chi connectivity index (χ3n) is 16.2. The van der Waals surface area contributed by atoms with Crippen LogP contribution in [0.3, 0.4) is 0 Å². The van der Waals surface area contributed by atoms with Crippen molar-refractivity contribution in [3.05, 3.63) is 198 Å². The number of aromatic nitrogens is 4. The fourth-order valence-electron chi connectivity index (χ4n) is 11.5. The minimum Gasteiger partial charge on any atom is -0.480 e. The summed E-state index contributed by atoms with van der Waals surface area (Å²) in [5.41, 5.74) is 4.85. The predicted octanol–water partition coefficient (Wildman–Crippen LogP) is 3.01. The molecule has 29 heteroatoms. The van der Waals surface area contributed by atoms with Crippen molar-refractivity contribution in [2.75, 3.05) is 111 Å². The largest absolute Gasteiger partial charge is 0.480 e. The van der Waals surface area contributed by atoms with Crippen LogP contribution in [0, 0.1) is 0 Å². The molecule has 0 spiro atoms. The second-order valence-corrected chi connectivity index (χ2v) is 26.1. The highest BCUT2D eigenvalue weighted by atomic mass is 32.2. The van der Waals surface area contributed by atoms with Crippen LogP contribution in [0.1, 0.15) is 32.7 Å². The maximum Gasteiger partial charge on any atom is 0.325 e. The minimum absolute atomic E-state index is 0.0929. The molecule has 1 aliphatic rings. The molecule has 8 aromatic rings. The summed E-state index contributed by atoms with van der Waals surface area (Å²) in [4.78, 5) is 85.9. The normalized spacial score (nSPS) is 14.6. The number of methoxy groups -OCH3 is 1. The summed E-state index contributed by atoms with van der Waals surface area (Å²) in [7, 11) is -5.63. The lowest BCUT2D eigenvalue weighted by Crippen LogP contribution is -2.50. The zero-order chi connectivity index (χ0) is 67.7. The van der Waals surface area contributed by atoms with Gasteiger partial charge in [-0.3, -0.25) is 57.6 Å². The van der Waals surface area contributed by atoms with Gasteiger partial charge < -0.3 is 36.0 Å². The highest BCUT2D eigenvalue weighted by Crippen LogP contribution is 2.42. The number of hydrogen-bond donors (Lipinski definition) is 8. The molecule has 6 aromatic carbocycles. The average Bonchev–Trinajstić information content (AvgIpc) is 1.71. The van der Waals surface area contributed by atoms with Crippen LogP contribution >= 0.6 is 0 Å². The molecular formula is C66H75N13O14S2. The summed E-state index contributed by atoms with van der Waals surface area (Å²) in [6.07, 6.45) is 3.71. The minimum atomic E-state index is -4.40. The van der Waals surface area contributed by atoms with Gasteiger partial charge in [0, 0.05) is 102 Å². The summed E-state index contributed by atoms with van der Waals surface area (Å²) in [6.45, 7) is 0.131. The van der Waals surface area contributed by atoms with Gasteiger partial charge in [0.05, 0.1) is 60.8 Å².